The van der Waals surface area contributed by atoms with Crippen molar-refractivity contribution in [1.29, 1.82) is 0 Å². The second-order valence-electron chi connectivity index (χ2n) is 7.63. The average Bonchev–Trinajstić information content (AvgIpc) is 3.21. The summed E-state index contributed by atoms with van der Waals surface area (Å²) < 4.78 is 1.91. The van der Waals surface area contributed by atoms with Gasteiger partial charge in [-0.15, -0.1) is 0 Å². The second kappa shape index (κ2) is 10.8. The molecule has 1 atom stereocenters. The Hall–Kier alpha value is -3.58. The van der Waals surface area contributed by atoms with Crippen LogP contribution in [0.5, 0.6) is 0 Å². The number of carbonyl (C=O) groups is 2. The maximum Gasteiger partial charge on any atom is 0.251 e. The normalized spacial score (nSPS) is 11.8. The van der Waals surface area contributed by atoms with Crippen molar-refractivity contribution in [2.24, 2.45) is 0 Å². The van der Waals surface area contributed by atoms with Crippen LogP contribution in [0.15, 0.2) is 84.9 Å². The van der Waals surface area contributed by atoms with Crippen molar-refractivity contribution < 1.29 is 9.59 Å². The molecule has 4 aromatic rings. The standard InChI is InChI=1S/C26H26N4O2S/c1-33-17-16-22(29-26(32)19-10-4-2-5-11-19)25-28-21-14-8-9-15-23(21)30(25)18-24(31)27-20-12-6-3-7-13-20/h2-15,22H,16-18H2,1H3,(H,27,31)(H,29,32)/t22-/m1/s1. The maximum atomic E-state index is 12.9. The van der Waals surface area contributed by atoms with Crippen LogP contribution in [0.3, 0.4) is 0 Å². The van der Waals surface area contributed by atoms with Gasteiger partial charge in [0.25, 0.3) is 5.91 Å². The predicted octanol–water partition coefficient (Wildman–Crippen LogP) is 4.90. The van der Waals surface area contributed by atoms with Gasteiger partial charge in [-0.1, -0.05) is 48.5 Å². The van der Waals surface area contributed by atoms with Gasteiger partial charge in [-0.2, -0.15) is 11.8 Å². The van der Waals surface area contributed by atoms with Crippen molar-refractivity contribution in [3.05, 3.63) is 96.3 Å². The van der Waals surface area contributed by atoms with Crippen molar-refractivity contribution in [2.45, 2.75) is 19.0 Å². The zero-order valence-electron chi connectivity index (χ0n) is 18.4. The Morgan fingerprint density at radius 3 is 2.33 bits per heavy atom. The van der Waals surface area contributed by atoms with Gasteiger partial charge in [0, 0.05) is 11.3 Å². The van der Waals surface area contributed by atoms with E-state index in [4.69, 9.17) is 4.98 Å². The van der Waals surface area contributed by atoms with Crippen LogP contribution in [0.1, 0.15) is 28.6 Å². The van der Waals surface area contributed by atoms with Gasteiger partial charge in [0.2, 0.25) is 5.91 Å². The van der Waals surface area contributed by atoms with Gasteiger partial charge < -0.3 is 15.2 Å². The Morgan fingerprint density at radius 2 is 1.61 bits per heavy atom. The summed E-state index contributed by atoms with van der Waals surface area (Å²) in [5.74, 6) is 1.22. The molecule has 0 spiro atoms. The first-order valence-corrected chi connectivity index (χ1v) is 12.2. The Labute approximate surface area is 197 Å². The number of imidazole rings is 1. The van der Waals surface area contributed by atoms with Crippen LogP contribution in [-0.2, 0) is 11.3 Å². The fourth-order valence-corrected chi connectivity index (χ4v) is 4.20. The van der Waals surface area contributed by atoms with Gasteiger partial charge in [-0.3, -0.25) is 9.59 Å². The van der Waals surface area contributed by atoms with E-state index < -0.39 is 0 Å². The lowest BCUT2D eigenvalue weighted by Crippen LogP contribution is -2.32. The summed E-state index contributed by atoms with van der Waals surface area (Å²) in [5, 5.41) is 6.08. The number of thioether (sulfide) groups is 1. The van der Waals surface area contributed by atoms with Gasteiger partial charge in [0.15, 0.2) is 0 Å². The van der Waals surface area contributed by atoms with Crippen LogP contribution < -0.4 is 10.6 Å². The van der Waals surface area contributed by atoms with Crippen LogP contribution in [0.25, 0.3) is 11.0 Å². The van der Waals surface area contributed by atoms with E-state index in [-0.39, 0.29) is 24.4 Å². The summed E-state index contributed by atoms with van der Waals surface area (Å²) >= 11 is 1.71. The molecular formula is C26H26N4O2S. The van der Waals surface area contributed by atoms with Crippen molar-refractivity contribution in [2.75, 3.05) is 17.3 Å². The fourth-order valence-electron chi connectivity index (χ4n) is 3.72. The zero-order valence-corrected chi connectivity index (χ0v) is 19.2. The molecule has 0 unspecified atom stereocenters. The minimum Gasteiger partial charge on any atom is -0.342 e. The number of hydrogen-bond donors (Lipinski definition) is 2. The van der Waals surface area contributed by atoms with Gasteiger partial charge in [0.1, 0.15) is 12.4 Å². The molecule has 3 aromatic carbocycles. The molecule has 0 fully saturated rings. The van der Waals surface area contributed by atoms with Crippen molar-refractivity contribution >= 4 is 40.3 Å². The third-order valence-corrected chi connectivity index (χ3v) is 5.95. The van der Waals surface area contributed by atoms with Gasteiger partial charge in [-0.25, -0.2) is 4.98 Å². The van der Waals surface area contributed by atoms with Gasteiger partial charge >= 0.3 is 0 Å². The molecule has 0 bridgehead atoms. The Balaban J connectivity index is 1.66. The van der Waals surface area contributed by atoms with E-state index >= 15 is 0 Å². The number of hydrogen-bond acceptors (Lipinski definition) is 4. The summed E-state index contributed by atoms with van der Waals surface area (Å²) in [4.78, 5) is 30.7. The third-order valence-electron chi connectivity index (χ3n) is 5.31. The van der Waals surface area contributed by atoms with Crippen LogP contribution in [0.2, 0.25) is 0 Å². The monoisotopic (exact) mass is 458 g/mol. The van der Waals surface area contributed by atoms with E-state index in [0.29, 0.717) is 17.8 Å². The number of carbonyl (C=O) groups excluding carboxylic acids is 2. The molecule has 0 saturated carbocycles. The molecule has 33 heavy (non-hydrogen) atoms. The number of anilines is 1. The first-order chi connectivity index (χ1) is 16.2. The molecule has 0 radical (unpaired) electrons. The molecular weight excluding hydrogens is 432 g/mol. The van der Waals surface area contributed by atoms with Crippen molar-refractivity contribution in [3.63, 3.8) is 0 Å². The number of fused-ring (bicyclic) bond motifs is 1. The first-order valence-electron chi connectivity index (χ1n) is 10.8. The van der Waals surface area contributed by atoms with E-state index in [9.17, 15) is 9.59 Å². The lowest BCUT2D eigenvalue weighted by Gasteiger charge is -2.20. The number of rotatable bonds is 9. The highest BCUT2D eigenvalue weighted by atomic mass is 32.2. The SMILES string of the molecule is CSCC[C@@H](NC(=O)c1ccccc1)c1nc2ccccc2n1CC(=O)Nc1ccccc1. The number of benzene rings is 3. The molecule has 168 valence electrons. The van der Waals surface area contributed by atoms with E-state index in [1.165, 1.54) is 0 Å². The number of aromatic nitrogens is 2. The molecule has 6 nitrogen and oxygen atoms in total. The number of nitrogens with zero attached hydrogens (tertiary/aromatic N) is 2. The molecule has 2 amide bonds. The largest absolute Gasteiger partial charge is 0.342 e. The Bertz CT molecular complexity index is 1230. The highest BCUT2D eigenvalue weighted by Crippen LogP contribution is 2.25. The number of nitrogens with one attached hydrogen (secondary N) is 2. The molecule has 1 heterocycles. The van der Waals surface area contributed by atoms with Crippen molar-refractivity contribution in [1.82, 2.24) is 14.9 Å². The highest BCUT2D eigenvalue weighted by molar-refractivity contribution is 7.98. The quantitative estimate of drug-likeness (QED) is 0.374. The lowest BCUT2D eigenvalue weighted by atomic mass is 10.1. The molecule has 0 aliphatic rings. The molecule has 0 aliphatic carbocycles. The summed E-state index contributed by atoms with van der Waals surface area (Å²) in [6.45, 7) is 0.0989. The zero-order chi connectivity index (χ0) is 23.0. The minimum absolute atomic E-state index is 0.0989. The average molecular weight is 459 g/mol. The third kappa shape index (κ3) is 5.62. The van der Waals surface area contributed by atoms with E-state index in [2.05, 4.69) is 10.6 Å². The number of para-hydroxylation sites is 3. The van der Waals surface area contributed by atoms with Crippen LogP contribution in [-0.4, -0.2) is 33.4 Å². The van der Waals surface area contributed by atoms with Crippen LogP contribution >= 0.6 is 11.8 Å². The van der Waals surface area contributed by atoms with Crippen molar-refractivity contribution in [3.8, 4) is 0 Å². The van der Waals surface area contributed by atoms with Crippen LogP contribution in [0, 0.1) is 0 Å². The topological polar surface area (TPSA) is 76.0 Å². The highest BCUT2D eigenvalue weighted by Gasteiger charge is 2.23. The Kier molecular flexibility index (Phi) is 7.42. The summed E-state index contributed by atoms with van der Waals surface area (Å²) in [5.41, 5.74) is 2.99. The second-order valence-corrected chi connectivity index (χ2v) is 8.62. The Morgan fingerprint density at radius 1 is 0.939 bits per heavy atom. The minimum atomic E-state index is -0.331. The predicted molar refractivity (Wildman–Crippen MR) is 134 cm³/mol. The number of amides is 2. The molecule has 2 N–H and O–H groups in total. The molecule has 4 rings (SSSR count). The fraction of sp³-hybridized carbons (Fsp3) is 0.192. The van der Waals surface area contributed by atoms with Gasteiger partial charge in [-0.05, 0) is 54.8 Å². The first kappa shape index (κ1) is 22.6. The molecule has 7 heteroatoms. The summed E-state index contributed by atoms with van der Waals surface area (Å²) in [6, 6.07) is 25.9. The lowest BCUT2D eigenvalue weighted by molar-refractivity contribution is -0.116. The smallest absolute Gasteiger partial charge is 0.251 e. The maximum absolute atomic E-state index is 12.9. The summed E-state index contributed by atoms with van der Waals surface area (Å²) in [6.07, 6.45) is 2.73. The van der Waals surface area contributed by atoms with E-state index in [1.54, 1.807) is 23.9 Å². The van der Waals surface area contributed by atoms with Crippen LogP contribution in [0.4, 0.5) is 5.69 Å². The molecule has 0 saturated heterocycles. The molecule has 1 aromatic heterocycles. The van der Waals surface area contributed by atoms with E-state index in [0.717, 1.165) is 22.5 Å². The van der Waals surface area contributed by atoms with Gasteiger partial charge in [0.05, 0.1) is 17.1 Å². The molecule has 0 aliphatic heterocycles. The van der Waals surface area contributed by atoms with E-state index in [1.807, 2.05) is 83.6 Å². The summed E-state index contributed by atoms with van der Waals surface area (Å²) in [7, 11) is 0.